The normalized spacial score (nSPS) is 10.4. The van der Waals surface area contributed by atoms with Crippen molar-refractivity contribution < 1.29 is 19.0 Å². The SMILES string of the molecule is COc1cc(NC(=O)c2cc(-c3ccc(C)cc3)n[nH]2)cc(OC)c1OC. The molecular formula is C20H21N3O4. The van der Waals surface area contributed by atoms with Crippen molar-refractivity contribution in [3.63, 3.8) is 0 Å². The van der Waals surface area contributed by atoms with Gasteiger partial charge in [-0.25, -0.2) is 0 Å². The van der Waals surface area contributed by atoms with Crippen molar-refractivity contribution in [2.24, 2.45) is 0 Å². The molecular weight excluding hydrogens is 346 g/mol. The predicted octanol–water partition coefficient (Wildman–Crippen LogP) is 3.66. The molecule has 0 radical (unpaired) electrons. The largest absolute Gasteiger partial charge is 0.493 e. The summed E-state index contributed by atoms with van der Waals surface area (Å²) in [5.41, 5.74) is 3.66. The van der Waals surface area contributed by atoms with Gasteiger partial charge in [0, 0.05) is 23.4 Å². The highest BCUT2D eigenvalue weighted by Gasteiger charge is 2.16. The summed E-state index contributed by atoms with van der Waals surface area (Å²) in [5, 5.41) is 9.79. The van der Waals surface area contributed by atoms with Crippen LogP contribution < -0.4 is 19.5 Å². The molecule has 3 aromatic rings. The number of amides is 1. The number of anilines is 1. The number of rotatable bonds is 6. The minimum Gasteiger partial charge on any atom is -0.493 e. The number of aryl methyl sites for hydroxylation is 1. The van der Waals surface area contributed by atoms with E-state index in [1.54, 1.807) is 18.2 Å². The van der Waals surface area contributed by atoms with Gasteiger partial charge in [-0.2, -0.15) is 5.10 Å². The zero-order valence-corrected chi connectivity index (χ0v) is 15.6. The van der Waals surface area contributed by atoms with Crippen LogP contribution >= 0.6 is 0 Å². The molecule has 0 aliphatic rings. The molecule has 0 fully saturated rings. The third-order valence-electron chi connectivity index (χ3n) is 4.09. The molecule has 2 aromatic carbocycles. The minimum absolute atomic E-state index is 0.324. The Bertz CT molecular complexity index is 923. The van der Waals surface area contributed by atoms with E-state index in [0.717, 1.165) is 11.1 Å². The summed E-state index contributed by atoms with van der Waals surface area (Å²) >= 11 is 0. The smallest absolute Gasteiger partial charge is 0.273 e. The number of nitrogens with one attached hydrogen (secondary N) is 2. The van der Waals surface area contributed by atoms with E-state index in [2.05, 4.69) is 15.5 Å². The van der Waals surface area contributed by atoms with Gasteiger partial charge < -0.3 is 19.5 Å². The first-order valence-corrected chi connectivity index (χ1v) is 8.29. The van der Waals surface area contributed by atoms with Crippen molar-refractivity contribution in [2.75, 3.05) is 26.6 Å². The fraction of sp³-hybridized carbons (Fsp3) is 0.200. The van der Waals surface area contributed by atoms with Gasteiger partial charge in [-0.15, -0.1) is 0 Å². The van der Waals surface area contributed by atoms with Crippen LogP contribution in [0.1, 0.15) is 16.1 Å². The van der Waals surface area contributed by atoms with Crippen molar-refractivity contribution in [1.29, 1.82) is 0 Å². The van der Waals surface area contributed by atoms with Crippen LogP contribution in [0.15, 0.2) is 42.5 Å². The highest BCUT2D eigenvalue weighted by molar-refractivity contribution is 6.03. The lowest BCUT2D eigenvalue weighted by Gasteiger charge is -2.14. The van der Waals surface area contributed by atoms with E-state index in [9.17, 15) is 4.79 Å². The summed E-state index contributed by atoms with van der Waals surface area (Å²) in [5.74, 6) is 1.05. The second-order valence-electron chi connectivity index (χ2n) is 5.90. The molecule has 0 aliphatic carbocycles. The molecule has 7 heteroatoms. The van der Waals surface area contributed by atoms with E-state index in [1.807, 2.05) is 31.2 Å². The molecule has 1 amide bonds. The van der Waals surface area contributed by atoms with Crippen molar-refractivity contribution in [3.8, 4) is 28.5 Å². The zero-order valence-electron chi connectivity index (χ0n) is 15.6. The van der Waals surface area contributed by atoms with E-state index in [0.29, 0.717) is 34.3 Å². The molecule has 1 heterocycles. The zero-order chi connectivity index (χ0) is 19.4. The molecule has 0 saturated heterocycles. The molecule has 1 aromatic heterocycles. The van der Waals surface area contributed by atoms with Crippen LogP contribution in [0.2, 0.25) is 0 Å². The number of nitrogens with zero attached hydrogens (tertiary/aromatic N) is 1. The van der Waals surface area contributed by atoms with Gasteiger partial charge in [0.05, 0.1) is 27.0 Å². The fourth-order valence-corrected chi connectivity index (χ4v) is 2.66. The topological polar surface area (TPSA) is 85.5 Å². The number of hydrogen-bond donors (Lipinski definition) is 2. The Hall–Kier alpha value is -3.48. The van der Waals surface area contributed by atoms with Gasteiger partial charge in [-0.3, -0.25) is 9.89 Å². The van der Waals surface area contributed by atoms with Crippen LogP contribution in [0.5, 0.6) is 17.2 Å². The molecule has 0 saturated carbocycles. The molecule has 0 aliphatic heterocycles. The van der Waals surface area contributed by atoms with Crippen LogP contribution in [-0.4, -0.2) is 37.4 Å². The Balaban J connectivity index is 1.82. The minimum atomic E-state index is -0.324. The summed E-state index contributed by atoms with van der Waals surface area (Å²) in [4.78, 5) is 12.6. The highest BCUT2D eigenvalue weighted by atomic mass is 16.5. The lowest BCUT2D eigenvalue weighted by atomic mass is 10.1. The lowest BCUT2D eigenvalue weighted by molar-refractivity contribution is 0.102. The second-order valence-corrected chi connectivity index (χ2v) is 5.90. The number of carbonyl (C=O) groups is 1. The molecule has 7 nitrogen and oxygen atoms in total. The van der Waals surface area contributed by atoms with E-state index in [-0.39, 0.29) is 5.91 Å². The first-order valence-electron chi connectivity index (χ1n) is 8.29. The maximum absolute atomic E-state index is 12.6. The average molecular weight is 367 g/mol. The average Bonchev–Trinajstić information content (AvgIpc) is 3.18. The molecule has 0 spiro atoms. The van der Waals surface area contributed by atoms with Gasteiger partial charge in [-0.1, -0.05) is 29.8 Å². The number of aromatic nitrogens is 2. The quantitative estimate of drug-likeness (QED) is 0.694. The lowest BCUT2D eigenvalue weighted by Crippen LogP contribution is -2.12. The maximum Gasteiger partial charge on any atom is 0.273 e. The Kier molecular flexibility index (Phi) is 5.30. The van der Waals surface area contributed by atoms with Gasteiger partial charge in [0.15, 0.2) is 11.5 Å². The van der Waals surface area contributed by atoms with Crippen LogP contribution in [0.25, 0.3) is 11.3 Å². The molecule has 140 valence electrons. The van der Waals surface area contributed by atoms with Crippen LogP contribution in [-0.2, 0) is 0 Å². The fourth-order valence-electron chi connectivity index (χ4n) is 2.66. The van der Waals surface area contributed by atoms with Gasteiger partial charge in [0.2, 0.25) is 5.75 Å². The van der Waals surface area contributed by atoms with Gasteiger partial charge in [-0.05, 0) is 13.0 Å². The Morgan fingerprint density at radius 3 is 2.15 bits per heavy atom. The van der Waals surface area contributed by atoms with Gasteiger partial charge >= 0.3 is 0 Å². The Morgan fingerprint density at radius 1 is 0.963 bits per heavy atom. The summed E-state index contributed by atoms with van der Waals surface area (Å²) in [6.45, 7) is 2.02. The number of H-pyrrole nitrogens is 1. The van der Waals surface area contributed by atoms with Gasteiger partial charge in [0.25, 0.3) is 5.91 Å². The van der Waals surface area contributed by atoms with Crippen LogP contribution in [0.3, 0.4) is 0 Å². The molecule has 0 unspecified atom stereocenters. The number of carbonyl (C=O) groups excluding carboxylic acids is 1. The number of ether oxygens (including phenoxy) is 3. The first-order chi connectivity index (χ1) is 13.0. The second kappa shape index (κ2) is 7.82. The van der Waals surface area contributed by atoms with Crippen LogP contribution in [0.4, 0.5) is 5.69 Å². The number of benzene rings is 2. The van der Waals surface area contributed by atoms with E-state index in [1.165, 1.54) is 21.3 Å². The molecule has 0 atom stereocenters. The summed E-state index contributed by atoms with van der Waals surface area (Å²) in [7, 11) is 4.56. The standard InChI is InChI=1S/C20H21N3O4/c1-12-5-7-13(8-6-12)15-11-16(23-22-15)20(24)21-14-9-17(25-2)19(27-4)18(10-14)26-3/h5-11H,1-4H3,(H,21,24)(H,22,23). The van der Waals surface area contributed by atoms with Gasteiger partial charge in [0.1, 0.15) is 5.69 Å². The summed E-state index contributed by atoms with van der Waals surface area (Å²) < 4.78 is 15.9. The molecule has 0 bridgehead atoms. The monoisotopic (exact) mass is 367 g/mol. The number of aromatic amines is 1. The Labute approximate surface area is 157 Å². The third-order valence-corrected chi connectivity index (χ3v) is 4.09. The Morgan fingerprint density at radius 2 is 1.59 bits per heavy atom. The molecule has 27 heavy (non-hydrogen) atoms. The maximum atomic E-state index is 12.6. The molecule has 3 rings (SSSR count). The first kappa shape index (κ1) is 18.3. The molecule has 2 N–H and O–H groups in total. The van der Waals surface area contributed by atoms with Crippen molar-refractivity contribution in [1.82, 2.24) is 10.2 Å². The summed E-state index contributed by atoms with van der Waals surface area (Å²) in [6, 6.07) is 13.0. The number of methoxy groups -OCH3 is 3. The van der Waals surface area contributed by atoms with Crippen molar-refractivity contribution in [2.45, 2.75) is 6.92 Å². The van der Waals surface area contributed by atoms with E-state index >= 15 is 0 Å². The van der Waals surface area contributed by atoms with E-state index < -0.39 is 0 Å². The summed E-state index contributed by atoms with van der Waals surface area (Å²) in [6.07, 6.45) is 0. The highest BCUT2D eigenvalue weighted by Crippen LogP contribution is 2.40. The van der Waals surface area contributed by atoms with E-state index in [4.69, 9.17) is 14.2 Å². The number of hydrogen-bond acceptors (Lipinski definition) is 5. The van der Waals surface area contributed by atoms with Crippen molar-refractivity contribution in [3.05, 3.63) is 53.7 Å². The third kappa shape index (κ3) is 3.87. The van der Waals surface area contributed by atoms with Crippen molar-refractivity contribution >= 4 is 11.6 Å². The van der Waals surface area contributed by atoms with Crippen LogP contribution in [0, 0.1) is 6.92 Å². The predicted molar refractivity (Wildman–Crippen MR) is 103 cm³/mol.